The van der Waals surface area contributed by atoms with Gasteiger partial charge in [0.1, 0.15) is 5.75 Å². The molecule has 0 saturated heterocycles. The van der Waals surface area contributed by atoms with Gasteiger partial charge in [-0.05, 0) is 44.7 Å². The van der Waals surface area contributed by atoms with Crippen molar-refractivity contribution in [3.63, 3.8) is 0 Å². The molecule has 1 aromatic rings. The Morgan fingerprint density at radius 3 is 2.33 bits per heavy atom. The van der Waals surface area contributed by atoms with Crippen molar-refractivity contribution in [2.75, 3.05) is 7.11 Å². The monoisotopic (exact) mass is 300 g/mol. The van der Waals surface area contributed by atoms with Crippen LogP contribution in [-0.4, -0.2) is 19.1 Å². The number of ether oxygens (including phenoxy) is 1. The molecule has 5 heteroatoms. The van der Waals surface area contributed by atoms with E-state index in [4.69, 9.17) is 4.74 Å². The average molecular weight is 300 g/mol. The maximum atomic E-state index is 12.7. The number of alkyl halides is 3. The molecule has 0 N–H and O–H groups in total. The van der Waals surface area contributed by atoms with Crippen LogP contribution in [0.1, 0.15) is 41.6 Å². The first kappa shape index (κ1) is 15.9. The molecular weight excluding hydrogens is 281 g/mol. The van der Waals surface area contributed by atoms with Gasteiger partial charge in [-0.15, -0.1) is 0 Å². The van der Waals surface area contributed by atoms with Crippen molar-refractivity contribution in [2.24, 2.45) is 11.8 Å². The molecule has 0 unspecified atom stereocenters. The first-order chi connectivity index (χ1) is 9.82. The molecule has 0 aromatic heterocycles. The van der Waals surface area contributed by atoms with Crippen molar-refractivity contribution in [1.82, 2.24) is 0 Å². The molecule has 1 fully saturated rings. The molecule has 0 heterocycles. The highest BCUT2D eigenvalue weighted by Crippen LogP contribution is 2.41. The molecule has 0 atom stereocenters. The number of ketones is 1. The minimum atomic E-state index is -4.14. The minimum absolute atomic E-state index is 0.0358. The van der Waals surface area contributed by atoms with Crippen LogP contribution in [0, 0.1) is 18.8 Å². The molecule has 0 radical (unpaired) electrons. The highest BCUT2D eigenvalue weighted by molar-refractivity contribution is 6.00. The summed E-state index contributed by atoms with van der Waals surface area (Å²) in [7, 11) is 1.49. The predicted octanol–water partition coefficient (Wildman–Crippen LogP) is 4.56. The van der Waals surface area contributed by atoms with Gasteiger partial charge >= 0.3 is 6.18 Å². The third-order valence-corrected chi connectivity index (χ3v) is 4.18. The second-order valence-electron chi connectivity index (χ2n) is 5.66. The summed E-state index contributed by atoms with van der Waals surface area (Å²) in [6.07, 6.45) is -3.49. The van der Waals surface area contributed by atoms with Gasteiger partial charge in [-0.1, -0.05) is 11.6 Å². The van der Waals surface area contributed by atoms with E-state index in [9.17, 15) is 18.0 Å². The maximum absolute atomic E-state index is 12.7. The summed E-state index contributed by atoms with van der Waals surface area (Å²) in [6, 6.07) is 5.32. The number of carbonyl (C=O) groups excluding carboxylic acids is 1. The third kappa shape index (κ3) is 3.57. The lowest BCUT2D eigenvalue weighted by Gasteiger charge is -2.29. The Kier molecular flexibility index (Phi) is 4.59. The Morgan fingerprint density at radius 1 is 1.19 bits per heavy atom. The summed E-state index contributed by atoms with van der Waals surface area (Å²) < 4.78 is 43.2. The van der Waals surface area contributed by atoms with Crippen LogP contribution in [0.15, 0.2) is 18.2 Å². The fourth-order valence-electron chi connectivity index (χ4n) is 2.92. The number of hydrogen-bond acceptors (Lipinski definition) is 2. The molecular formula is C16H19F3O2. The Balaban J connectivity index is 2.11. The highest BCUT2D eigenvalue weighted by Gasteiger charge is 2.42. The van der Waals surface area contributed by atoms with Crippen LogP contribution in [0.3, 0.4) is 0 Å². The number of carbonyl (C=O) groups is 1. The van der Waals surface area contributed by atoms with Gasteiger partial charge in [0, 0.05) is 5.92 Å². The van der Waals surface area contributed by atoms with Crippen LogP contribution in [0.2, 0.25) is 0 Å². The van der Waals surface area contributed by atoms with Crippen LogP contribution in [0.4, 0.5) is 13.2 Å². The lowest BCUT2D eigenvalue weighted by atomic mass is 9.78. The van der Waals surface area contributed by atoms with Gasteiger partial charge in [0.15, 0.2) is 5.78 Å². The molecule has 2 nitrogen and oxygen atoms in total. The predicted molar refractivity (Wildman–Crippen MR) is 73.6 cm³/mol. The topological polar surface area (TPSA) is 26.3 Å². The van der Waals surface area contributed by atoms with Gasteiger partial charge in [0.05, 0.1) is 18.6 Å². The lowest BCUT2D eigenvalue weighted by molar-refractivity contribution is -0.183. The van der Waals surface area contributed by atoms with Crippen LogP contribution < -0.4 is 4.74 Å². The van der Waals surface area contributed by atoms with E-state index >= 15 is 0 Å². The molecule has 0 amide bonds. The second-order valence-corrected chi connectivity index (χ2v) is 5.66. The number of methoxy groups -OCH3 is 1. The molecule has 0 aliphatic heterocycles. The number of halogens is 3. The number of benzene rings is 1. The van der Waals surface area contributed by atoms with Gasteiger partial charge < -0.3 is 4.74 Å². The smallest absolute Gasteiger partial charge is 0.391 e. The van der Waals surface area contributed by atoms with E-state index in [1.807, 2.05) is 13.0 Å². The number of Topliss-reactive ketones (excluding diaryl/α,β-unsaturated/α-hetero) is 1. The van der Waals surface area contributed by atoms with Gasteiger partial charge in [0.2, 0.25) is 0 Å². The van der Waals surface area contributed by atoms with Crippen molar-refractivity contribution in [3.8, 4) is 5.75 Å². The van der Waals surface area contributed by atoms with Gasteiger partial charge in [-0.25, -0.2) is 0 Å². The summed E-state index contributed by atoms with van der Waals surface area (Å²) in [4.78, 5) is 12.5. The first-order valence-electron chi connectivity index (χ1n) is 7.08. The van der Waals surface area contributed by atoms with E-state index in [1.165, 1.54) is 7.11 Å². The Hall–Kier alpha value is -1.52. The van der Waals surface area contributed by atoms with Crippen molar-refractivity contribution in [2.45, 2.75) is 38.8 Å². The number of rotatable bonds is 3. The normalized spacial score (nSPS) is 22.9. The second kappa shape index (κ2) is 6.08. The zero-order chi connectivity index (χ0) is 15.6. The first-order valence-corrected chi connectivity index (χ1v) is 7.08. The lowest BCUT2D eigenvalue weighted by Crippen LogP contribution is -2.30. The molecule has 1 aliphatic rings. The van der Waals surface area contributed by atoms with Crippen molar-refractivity contribution in [1.29, 1.82) is 0 Å². The summed E-state index contributed by atoms with van der Waals surface area (Å²) in [6.45, 7) is 1.87. The summed E-state index contributed by atoms with van der Waals surface area (Å²) in [5.41, 5.74) is 1.41. The molecule has 0 spiro atoms. The van der Waals surface area contributed by atoms with Crippen LogP contribution >= 0.6 is 0 Å². The maximum Gasteiger partial charge on any atom is 0.391 e. The Bertz CT molecular complexity index is 515. The fraction of sp³-hybridized carbons (Fsp3) is 0.562. The SMILES string of the molecule is COc1ccc(C)cc1C(=O)C1CCC(C(F)(F)F)CC1. The van der Waals surface area contributed by atoms with E-state index in [-0.39, 0.29) is 24.5 Å². The average Bonchev–Trinajstić information content (AvgIpc) is 2.45. The molecule has 1 saturated carbocycles. The van der Waals surface area contributed by atoms with Crippen molar-refractivity contribution >= 4 is 5.78 Å². The van der Waals surface area contributed by atoms with E-state index in [1.54, 1.807) is 12.1 Å². The summed E-state index contributed by atoms with van der Waals surface area (Å²) >= 11 is 0. The van der Waals surface area contributed by atoms with Gasteiger partial charge in [-0.2, -0.15) is 13.2 Å². The molecule has 1 aliphatic carbocycles. The quantitative estimate of drug-likeness (QED) is 0.765. The van der Waals surface area contributed by atoms with Crippen LogP contribution in [-0.2, 0) is 0 Å². The van der Waals surface area contributed by atoms with Crippen LogP contribution in [0.5, 0.6) is 5.75 Å². The van der Waals surface area contributed by atoms with E-state index in [0.29, 0.717) is 24.2 Å². The molecule has 116 valence electrons. The van der Waals surface area contributed by atoms with E-state index in [0.717, 1.165) is 5.56 Å². The van der Waals surface area contributed by atoms with E-state index < -0.39 is 12.1 Å². The minimum Gasteiger partial charge on any atom is -0.496 e. The zero-order valence-electron chi connectivity index (χ0n) is 12.2. The summed E-state index contributed by atoms with van der Waals surface area (Å²) in [5.74, 6) is -1.21. The third-order valence-electron chi connectivity index (χ3n) is 4.18. The molecule has 2 rings (SSSR count). The molecule has 21 heavy (non-hydrogen) atoms. The highest BCUT2D eigenvalue weighted by atomic mass is 19.4. The summed E-state index contributed by atoms with van der Waals surface area (Å²) in [5, 5.41) is 0. The van der Waals surface area contributed by atoms with E-state index in [2.05, 4.69) is 0 Å². The Labute approximate surface area is 122 Å². The molecule has 1 aromatic carbocycles. The standard InChI is InChI=1S/C16H19F3O2/c1-10-3-8-14(21-2)13(9-10)15(20)11-4-6-12(7-5-11)16(17,18)19/h3,8-9,11-12H,4-7H2,1-2H3. The van der Waals surface area contributed by atoms with Crippen molar-refractivity contribution < 1.29 is 22.7 Å². The zero-order valence-corrected chi connectivity index (χ0v) is 12.2. The largest absolute Gasteiger partial charge is 0.496 e. The Morgan fingerprint density at radius 2 is 1.81 bits per heavy atom. The van der Waals surface area contributed by atoms with Gasteiger partial charge in [0.25, 0.3) is 0 Å². The van der Waals surface area contributed by atoms with Crippen molar-refractivity contribution in [3.05, 3.63) is 29.3 Å². The fourth-order valence-corrected chi connectivity index (χ4v) is 2.92. The van der Waals surface area contributed by atoms with Crippen LogP contribution in [0.25, 0.3) is 0 Å². The van der Waals surface area contributed by atoms with Gasteiger partial charge in [-0.3, -0.25) is 4.79 Å². The number of aryl methyl sites for hydroxylation is 1. The molecule has 0 bridgehead atoms. The number of hydrogen-bond donors (Lipinski definition) is 0.